The molecule has 1 aromatic heterocycles. The lowest BCUT2D eigenvalue weighted by atomic mass is 9.98. The number of aliphatic hydroxyl groups excluding tert-OH is 1. The van der Waals surface area contributed by atoms with Crippen molar-refractivity contribution in [2.75, 3.05) is 13.2 Å². The van der Waals surface area contributed by atoms with Crippen LogP contribution in [0.1, 0.15) is 34.2 Å². The van der Waals surface area contributed by atoms with E-state index in [4.69, 9.17) is 9.84 Å². The molecule has 3 aromatic rings. The Morgan fingerprint density at radius 3 is 2.48 bits per heavy atom. The Bertz CT molecular complexity index is 983. The summed E-state index contributed by atoms with van der Waals surface area (Å²) in [4.78, 5) is 16.3. The Morgan fingerprint density at radius 2 is 1.83 bits per heavy atom. The number of rotatable bonds is 7. The van der Waals surface area contributed by atoms with Crippen molar-refractivity contribution >= 4 is 23.5 Å². The number of carbonyl (C=O) groups excluding carboxylic acids is 1. The standard InChI is InChI=1S/C23H22N2O3S/c26-13-16-15-29-22(25-16)11-5-6-12-24-23(27)28-14-21-19-9-3-1-7-17(19)18-8-2-4-10-20(18)21/h1-5,7-11,15,21,26H,6,12-14H2,(H,24,27). The maximum absolute atomic E-state index is 12.1. The van der Waals surface area contributed by atoms with Gasteiger partial charge >= 0.3 is 6.09 Å². The molecule has 0 radical (unpaired) electrons. The van der Waals surface area contributed by atoms with Crippen molar-refractivity contribution in [3.8, 4) is 11.1 Å². The molecule has 0 saturated carbocycles. The predicted molar refractivity (Wildman–Crippen MR) is 115 cm³/mol. The van der Waals surface area contributed by atoms with Gasteiger partial charge in [0.15, 0.2) is 0 Å². The summed E-state index contributed by atoms with van der Waals surface area (Å²) in [6, 6.07) is 16.6. The number of hydrogen-bond donors (Lipinski definition) is 2. The van der Waals surface area contributed by atoms with Crippen LogP contribution in [0.15, 0.2) is 60.0 Å². The van der Waals surface area contributed by atoms with Gasteiger partial charge in [0.25, 0.3) is 0 Å². The summed E-state index contributed by atoms with van der Waals surface area (Å²) >= 11 is 1.48. The van der Waals surface area contributed by atoms with Gasteiger partial charge in [0.1, 0.15) is 11.6 Å². The number of amides is 1. The topological polar surface area (TPSA) is 71.5 Å². The molecule has 0 fully saturated rings. The molecular formula is C23H22N2O3S. The van der Waals surface area contributed by atoms with E-state index in [-0.39, 0.29) is 12.5 Å². The first-order valence-corrected chi connectivity index (χ1v) is 10.4. The molecule has 1 heterocycles. The van der Waals surface area contributed by atoms with E-state index in [9.17, 15) is 4.79 Å². The Labute approximate surface area is 173 Å². The summed E-state index contributed by atoms with van der Waals surface area (Å²) in [5.41, 5.74) is 5.51. The minimum Gasteiger partial charge on any atom is -0.449 e. The summed E-state index contributed by atoms with van der Waals surface area (Å²) in [7, 11) is 0. The fraction of sp³-hybridized carbons (Fsp3) is 0.217. The van der Waals surface area contributed by atoms with Gasteiger partial charge in [-0.05, 0) is 34.8 Å². The summed E-state index contributed by atoms with van der Waals surface area (Å²) in [5, 5.41) is 14.5. The number of nitrogens with zero attached hydrogens (tertiary/aromatic N) is 1. The molecule has 0 saturated heterocycles. The van der Waals surface area contributed by atoms with Crippen molar-refractivity contribution < 1.29 is 14.6 Å². The van der Waals surface area contributed by atoms with E-state index in [0.717, 1.165) is 5.01 Å². The molecule has 0 atom stereocenters. The zero-order valence-electron chi connectivity index (χ0n) is 15.9. The van der Waals surface area contributed by atoms with Crippen molar-refractivity contribution in [1.82, 2.24) is 10.3 Å². The second kappa shape index (κ2) is 9.03. The third-order valence-electron chi connectivity index (χ3n) is 4.92. The van der Waals surface area contributed by atoms with Crippen LogP contribution >= 0.6 is 11.3 Å². The Balaban J connectivity index is 1.27. The van der Waals surface area contributed by atoms with Crippen LogP contribution in [-0.4, -0.2) is 29.3 Å². The highest BCUT2D eigenvalue weighted by Crippen LogP contribution is 2.44. The highest BCUT2D eigenvalue weighted by molar-refractivity contribution is 7.10. The van der Waals surface area contributed by atoms with Crippen LogP contribution in [0.3, 0.4) is 0 Å². The number of aliphatic hydroxyl groups is 1. The van der Waals surface area contributed by atoms with Gasteiger partial charge in [0, 0.05) is 17.8 Å². The molecule has 6 heteroatoms. The van der Waals surface area contributed by atoms with Crippen LogP contribution in [0.2, 0.25) is 0 Å². The molecule has 1 amide bonds. The molecule has 4 rings (SSSR count). The zero-order chi connectivity index (χ0) is 20.1. The number of benzene rings is 2. The van der Waals surface area contributed by atoms with E-state index >= 15 is 0 Å². The van der Waals surface area contributed by atoms with Crippen LogP contribution in [0.4, 0.5) is 4.79 Å². The van der Waals surface area contributed by atoms with Gasteiger partial charge < -0.3 is 15.2 Å². The number of fused-ring (bicyclic) bond motifs is 3. The summed E-state index contributed by atoms with van der Waals surface area (Å²) in [6.45, 7) is 0.762. The third-order valence-corrected chi connectivity index (χ3v) is 5.77. The molecule has 0 bridgehead atoms. The van der Waals surface area contributed by atoms with Crippen LogP contribution in [-0.2, 0) is 11.3 Å². The lowest BCUT2D eigenvalue weighted by Gasteiger charge is -2.14. The fourth-order valence-electron chi connectivity index (χ4n) is 3.56. The molecule has 2 aromatic carbocycles. The molecule has 0 unspecified atom stereocenters. The van der Waals surface area contributed by atoms with Crippen molar-refractivity contribution in [1.29, 1.82) is 0 Å². The molecule has 0 aliphatic heterocycles. The first-order chi connectivity index (χ1) is 14.3. The fourth-order valence-corrected chi connectivity index (χ4v) is 4.29. The molecule has 1 aliphatic rings. The normalized spacial score (nSPS) is 12.7. The number of alkyl carbamates (subject to hydrolysis) is 1. The number of thiazole rings is 1. The van der Waals surface area contributed by atoms with Gasteiger partial charge in [-0.3, -0.25) is 0 Å². The van der Waals surface area contributed by atoms with Crippen LogP contribution in [0, 0.1) is 0 Å². The van der Waals surface area contributed by atoms with E-state index in [1.807, 2.05) is 41.8 Å². The number of nitrogens with one attached hydrogen (secondary N) is 1. The van der Waals surface area contributed by atoms with E-state index in [1.165, 1.54) is 33.6 Å². The number of hydrogen-bond acceptors (Lipinski definition) is 5. The second-order valence-electron chi connectivity index (χ2n) is 6.78. The van der Waals surface area contributed by atoms with Gasteiger partial charge in [-0.25, -0.2) is 9.78 Å². The minimum atomic E-state index is -0.405. The van der Waals surface area contributed by atoms with Gasteiger partial charge in [-0.1, -0.05) is 54.6 Å². The second-order valence-corrected chi connectivity index (χ2v) is 7.67. The van der Waals surface area contributed by atoms with Crippen molar-refractivity contribution in [3.63, 3.8) is 0 Å². The molecule has 148 valence electrons. The lowest BCUT2D eigenvalue weighted by molar-refractivity contribution is 0.143. The Kier molecular flexibility index (Phi) is 6.03. The first kappa shape index (κ1) is 19.4. The summed E-state index contributed by atoms with van der Waals surface area (Å²) in [6.07, 6.45) is 4.11. The molecular weight excluding hydrogens is 384 g/mol. The quantitative estimate of drug-likeness (QED) is 0.564. The van der Waals surface area contributed by atoms with Crippen molar-refractivity contribution in [3.05, 3.63) is 81.8 Å². The number of carbonyl (C=O) groups is 1. The van der Waals surface area contributed by atoms with Crippen LogP contribution in [0.5, 0.6) is 0 Å². The highest BCUT2D eigenvalue weighted by Gasteiger charge is 2.28. The van der Waals surface area contributed by atoms with Crippen LogP contribution < -0.4 is 5.32 Å². The van der Waals surface area contributed by atoms with Gasteiger partial charge in [-0.2, -0.15) is 0 Å². The molecule has 0 spiro atoms. The Hall–Kier alpha value is -2.96. The average Bonchev–Trinajstić information content (AvgIpc) is 3.34. The molecule has 29 heavy (non-hydrogen) atoms. The highest BCUT2D eigenvalue weighted by atomic mass is 32.1. The summed E-state index contributed by atoms with van der Waals surface area (Å²) in [5.74, 6) is 0.0682. The van der Waals surface area contributed by atoms with Crippen LogP contribution in [0.25, 0.3) is 17.2 Å². The lowest BCUT2D eigenvalue weighted by Crippen LogP contribution is -2.26. The number of ether oxygens (including phenoxy) is 1. The van der Waals surface area contributed by atoms with E-state index in [1.54, 1.807) is 0 Å². The van der Waals surface area contributed by atoms with Gasteiger partial charge in [0.2, 0.25) is 0 Å². The van der Waals surface area contributed by atoms with E-state index < -0.39 is 6.09 Å². The summed E-state index contributed by atoms with van der Waals surface area (Å²) < 4.78 is 5.51. The van der Waals surface area contributed by atoms with Crippen molar-refractivity contribution in [2.45, 2.75) is 18.9 Å². The third kappa shape index (κ3) is 4.39. The monoisotopic (exact) mass is 406 g/mol. The Morgan fingerprint density at radius 1 is 1.14 bits per heavy atom. The number of aromatic nitrogens is 1. The molecule has 1 aliphatic carbocycles. The zero-order valence-corrected chi connectivity index (χ0v) is 16.7. The van der Waals surface area contributed by atoms with E-state index in [0.29, 0.717) is 25.3 Å². The first-order valence-electron chi connectivity index (χ1n) is 9.57. The maximum atomic E-state index is 12.1. The largest absolute Gasteiger partial charge is 0.449 e. The average molecular weight is 407 g/mol. The SMILES string of the molecule is O=C(NCCC=Cc1nc(CO)cs1)OCC1c2ccccc2-c2ccccc21. The van der Waals surface area contributed by atoms with Gasteiger partial charge in [0.05, 0.1) is 12.3 Å². The van der Waals surface area contributed by atoms with E-state index in [2.05, 4.69) is 34.6 Å². The molecule has 5 nitrogen and oxygen atoms in total. The maximum Gasteiger partial charge on any atom is 0.407 e. The van der Waals surface area contributed by atoms with Gasteiger partial charge in [-0.15, -0.1) is 11.3 Å². The molecule has 2 N–H and O–H groups in total. The van der Waals surface area contributed by atoms with Crippen molar-refractivity contribution in [2.24, 2.45) is 0 Å². The minimum absolute atomic E-state index is 0.0479. The predicted octanol–water partition coefficient (Wildman–Crippen LogP) is 4.58. The smallest absolute Gasteiger partial charge is 0.407 e.